The van der Waals surface area contributed by atoms with Gasteiger partial charge in [-0.05, 0) is 25.5 Å². The van der Waals surface area contributed by atoms with E-state index in [1.165, 1.54) is 12.4 Å². The minimum absolute atomic E-state index is 0.000457. The van der Waals surface area contributed by atoms with Crippen LogP contribution in [0.3, 0.4) is 0 Å². The second-order valence-corrected chi connectivity index (χ2v) is 3.42. The van der Waals surface area contributed by atoms with Gasteiger partial charge in [0.1, 0.15) is 0 Å². The van der Waals surface area contributed by atoms with E-state index in [0.717, 1.165) is 0 Å². The third-order valence-electron chi connectivity index (χ3n) is 1.99. The molecular formula is C11H13N3O3. The van der Waals surface area contributed by atoms with E-state index in [4.69, 9.17) is 5.11 Å². The van der Waals surface area contributed by atoms with Gasteiger partial charge in [-0.2, -0.15) is 5.10 Å². The molecule has 0 aliphatic carbocycles. The van der Waals surface area contributed by atoms with Crippen LogP contribution in [0.2, 0.25) is 0 Å². The van der Waals surface area contributed by atoms with Crippen molar-refractivity contribution in [1.82, 2.24) is 10.4 Å². The maximum atomic E-state index is 11.5. The molecule has 1 aromatic rings. The van der Waals surface area contributed by atoms with E-state index in [9.17, 15) is 9.59 Å². The van der Waals surface area contributed by atoms with E-state index in [0.29, 0.717) is 17.7 Å². The fourth-order valence-corrected chi connectivity index (χ4v) is 1.06. The quantitative estimate of drug-likeness (QED) is 0.589. The number of pyridine rings is 1. The number of carboxylic acids is 1. The molecule has 1 amide bonds. The molecule has 2 N–H and O–H groups in total. The summed E-state index contributed by atoms with van der Waals surface area (Å²) in [5.41, 5.74) is 3.37. The van der Waals surface area contributed by atoms with Gasteiger partial charge in [0, 0.05) is 23.7 Å². The van der Waals surface area contributed by atoms with E-state index in [1.807, 2.05) is 0 Å². The monoisotopic (exact) mass is 235 g/mol. The number of amides is 1. The molecule has 0 saturated carbocycles. The van der Waals surface area contributed by atoms with Crippen molar-refractivity contribution in [2.75, 3.05) is 0 Å². The first-order valence-electron chi connectivity index (χ1n) is 5.05. The van der Waals surface area contributed by atoms with Crippen LogP contribution in [0.5, 0.6) is 0 Å². The lowest BCUT2D eigenvalue weighted by Gasteiger charge is -2.01. The Morgan fingerprint density at radius 3 is 2.59 bits per heavy atom. The summed E-state index contributed by atoms with van der Waals surface area (Å²) in [5, 5.41) is 12.3. The molecule has 6 nitrogen and oxygen atoms in total. The molecule has 0 aromatic carbocycles. The minimum atomic E-state index is -0.889. The number of carbonyl (C=O) groups is 2. The molecule has 90 valence electrons. The summed E-state index contributed by atoms with van der Waals surface area (Å²) in [6.07, 6.45) is 3.33. The number of nitrogens with zero attached hydrogens (tertiary/aromatic N) is 2. The van der Waals surface area contributed by atoms with Crippen molar-refractivity contribution >= 4 is 17.6 Å². The Bertz CT molecular complexity index is 429. The topological polar surface area (TPSA) is 91.6 Å². The molecule has 17 heavy (non-hydrogen) atoms. The van der Waals surface area contributed by atoms with Crippen molar-refractivity contribution in [3.05, 3.63) is 30.1 Å². The van der Waals surface area contributed by atoms with Crippen LogP contribution in [-0.2, 0) is 4.79 Å². The number of hydrogen-bond acceptors (Lipinski definition) is 4. The summed E-state index contributed by atoms with van der Waals surface area (Å²) in [5.74, 6) is -1.23. The van der Waals surface area contributed by atoms with Crippen LogP contribution in [-0.4, -0.2) is 27.7 Å². The van der Waals surface area contributed by atoms with E-state index in [-0.39, 0.29) is 12.3 Å². The minimum Gasteiger partial charge on any atom is -0.481 e. The number of aliphatic carboxylic acids is 1. The van der Waals surface area contributed by atoms with Crippen molar-refractivity contribution in [1.29, 1.82) is 0 Å². The molecule has 6 heteroatoms. The Hall–Kier alpha value is -2.24. The number of hydrogen-bond donors (Lipinski definition) is 2. The van der Waals surface area contributed by atoms with Gasteiger partial charge in [0.2, 0.25) is 0 Å². The van der Waals surface area contributed by atoms with Crippen LogP contribution in [0.25, 0.3) is 0 Å². The van der Waals surface area contributed by atoms with Crippen molar-refractivity contribution in [3.63, 3.8) is 0 Å². The lowest BCUT2D eigenvalue weighted by atomic mass is 10.2. The van der Waals surface area contributed by atoms with Gasteiger partial charge in [0.05, 0.1) is 6.42 Å². The molecule has 1 aromatic heterocycles. The third-order valence-corrected chi connectivity index (χ3v) is 1.99. The standard InChI is InChI=1S/C11H13N3O3/c1-8(2-3-10(15)16)13-14-11(17)9-4-6-12-7-5-9/h4-7H,2-3H2,1H3,(H,14,17)(H,15,16)/b13-8+. The van der Waals surface area contributed by atoms with Gasteiger partial charge in [0.15, 0.2) is 0 Å². The molecule has 0 saturated heterocycles. The first-order chi connectivity index (χ1) is 8.09. The number of nitrogens with one attached hydrogen (secondary N) is 1. The first-order valence-corrected chi connectivity index (χ1v) is 5.05. The number of rotatable bonds is 5. The van der Waals surface area contributed by atoms with Crippen LogP contribution >= 0.6 is 0 Å². The Morgan fingerprint density at radius 2 is 2.00 bits per heavy atom. The molecule has 0 bridgehead atoms. The summed E-state index contributed by atoms with van der Waals surface area (Å²) >= 11 is 0. The Kier molecular flexibility index (Phi) is 4.80. The lowest BCUT2D eigenvalue weighted by molar-refractivity contribution is -0.136. The summed E-state index contributed by atoms with van der Waals surface area (Å²) in [6.45, 7) is 1.66. The summed E-state index contributed by atoms with van der Waals surface area (Å²) in [7, 11) is 0. The van der Waals surface area contributed by atoms with Crippen molar-refractivity contribution in [2.45, 2.75) is 19.8 Å². The van der Waals surface area contributed by atoms with Crippen molar-refractivity contribution in [2.24, 2.45) is 5.10 Å². The third kappa shape index (κ3) is 4.87. The van der Waals surface area contributed by atoms with Crippen LogP contribution in [0, 0.1) is 0 Å². The Balaban J connectivity index is 2.47. The molecule has 0 atom stereocenters. The maximum absolute atomic E-state index is 11.5. The van der Waals surface area contributed by atoms with Gasteiger partial charge in [0.25, 0.3) is 5.91 Å². The second kappa shape index (κ2) is 6.37. The number of aromatic nitrogens is 1. The molecular weight excluding hydrogens is 222 g/mol. The molecule has 0 radical (unpaired) electrons. The molecule has 0 aliphatic rings. The zero-order valence-corrected chi connectivity index (χ0v) is 9.38. The predicted octanol–water partition coefficient (Wildman–Crippen LogP) is 1.05. The molecule has 1 rings (SSSR count). The van der Waals surface area contributed by atoms with Gasteiger partial charge in [-0.3, -0.25) is 14.6 Å². The number of carboxylic acid groups (broad SMARTS) is 1. The largest absolute Gasteiger partial charge is 0.481 e. The molecule has 0 unspecified atom stereocenters. The van der Waals surface area contributed by atoms with Crippen LogP contribution in [0.4, 0.5) is 0 Å². The van der Waals surface area contributed by atoms with Crippen LogP contribution < -0.4 is 5.43 Å². The highest BCUT2D eigenvalue weighted by molar-refractivity contribution is 5.95. The Labute approximate surface area is 98.4 Å². The van der Waals surface area contributed by atoms with Crippen LogP contribution in [0.1, 0.15) is 30.1 Å². The van der Waals surface area contributed by atoms with Gasteiger partial charge in [-0.15, -0.1) is 0 Å². The maximum Gasteiger partial charge on any atom is 0.303 e. The summed E-state index contributed by atoms with van der Waals surface area (Å²) in [6, 6.07) is 3.13. The van der Waals surface area contributed by atoms with E-state index in [1.54, 1.807) is 19.1 Å². The molecule has 1 heterocycles. The van der Waals surface area contributed by atoms with E-state index in [2.05, 4.69) is 15.5 Å². The highest BCUT2D eigenvalue weighted by Crippen LogP contribution is 1.96. The van der Waals surface area contributed by atoms with Gasteiger partial charge in [-0.25, -0.2) is 5.43 Å². The zero-order valence-electron chi connectivity index (χ0n) is 9.38. The second-order valence-electron chi connectivity index (χ2n) is 3.42. The highest BCUT2D eigenvalue weighted by Gasteiger charge is 2.03. The first kappa shape index (κ1) is 12.8. The summed E-state index contributed by atoms with van der Waals surface area (Å²) in [4.78, 5) is 25.6. The van der Waals surface area contributed by atoms with E-state index >= 15 is 0 Å². The van der Waals surface area contributed by atoms with Gasteiger partial charge >= 0.3 is 5.97 Å². The van der Waals surface area contributed by atoms with Gasteiger partial charge in [-0.1, -0.05) is 0 Å². The highest BCUT2D eigenvalue weighted by atomic mass is 16.4. The lowest BCUT2D eigenvalue weighted by Crippen LogP contribution is -2.19. The van der Waals surface area contributed by atoms with Crippen LogP contribution in [0.15, 0.2) is 29.6 Å². The average Bonchev–Trinajstić information content (AvgIpc) is 2.34. The zero-order chi connectivity index (χ0) is 12.7. The fourth-order valence-electron chi connectivity index (χ4n) is 1.06. The molecule has 0 fully saturated rings. The van der Waals surface area contributed by atoms with E-state index < -0.39 is 5.97 Å². The SMILES string of the molecule is C/C(CCC(=O)O)=N\NC(=O)c1ccncc1. The smallest absolute Gasteiger partial charge is 0.303 e. The average molecular weight is 235 g/mol. The van der Waals surface area contributed by atoms with Crippen molar-refractivity contribution in [3.8, 4) is 0 Å². The number of hydrazone groups is 1. The predicted molar refractivity (Wildman–Crippen MR) is 61.7 cm³/mol. The number of carbonyl (C=O) groups excluding carboxylic acids is 1. The normalized spacial score (nSPS) is 11.0. The molecule has 0 aliphatic heterocycles. The molecule has 0 spiro atoms. The van der Waals surface area contributed by atoms with Gasteiger partial charge < -0.3 is 5.11 Å². The Morgan fingerprint density at radius 1 is 1.35 bits per heavy atom. The fraction of sp³-hybridized carbons (Fsp3) is 0.273. The summed E-state index contributed by atoms with van der Waals surface area (Å²) < 4.78 is 0. The van der Waals surface area contributed by atoms with Crippen molar-refractivity contribution < 1.29 is 14.7 Å².